The Balaban J connectivity index is 2.15. The lowest BCUT2D eigenvalue weighted by molar-refractivity contribution is -0.117. The van der Waals surface area contributed by atoms with Gasteiger partial charge in [-0.25, -0.2) is 0 Å². The summed E-state index contributed by atoms with van der Waals surface area (Å²) in [5.41, 5.74) is 6.47. The highest BCUT2D eigenvalue weighted by atomic mass is 32.1. The fourth-order valence-corrected chi connectivity index (χ4v) is 2.43. The number of amides is 1. The van der Waals surface area contributed by atoms with Crippen LogP contribution in [0.3, 0.4) is 0 Å². The van der Waals surface area contributed by atoms with E-state index in [-0.39, 0.29) is 5.91 Å². The predicted octanol–water partition coefficient (Wildman–Crippen LogP) is 2.40. The lowest BCUT2D eigenvalue weighted by atomic mass is 10.2. The maximum absolute atomic E-state index is 12.1. The molecule has 1 amide bonds. The van der Waals surface area contributed by atoms with Crippen molar-refractivity contribution in [3.63, 3.8) is 0 Å². The van der Waals surface area contributed by atoms with Gasteiger partial charge in [0.1, 0.15) is 17.5 Å². The molecule has 106 valence electrons. The molecule has 2 aromatic rings. The van der Waals surface area contributed by atoms with Gasteiger partial charge in [-0.2, -0.15) is 0 Å². The molecule has 5 nitrogen and oxygen atoms in total. The minimum atomic E-state index is -0.693. The van der Waals surface area contributed by atoms with Crippen LogP contribution in [0.4, 0.5) is 5.69 Å². The second-order valence-corrected chi connectivity index (χ2v) is 5.03. The van der Waals surface area contributed by atoms with E-state index >= 15 is 0 Å². The molecule has 0 spiro atoms. The Hall–Kier alpha value is -2.05. The minimum absolute atomic E-state index is 0.282. The van der Waals surface area contributed by atoms with E-state index in [2.05, 4.69) is 5.32 Å². The topological polar surface area (TPSA) is 73.6 Å². The van der Waals surface area contributed by atoms with Crippen LogP contribution < -0.4 is 20.5 Å². The summed E-state index contributed by atoms with van der Waals surface area (Å²) < 4.78 is 10.3. The lowest BCUT2D eigenvalue weighted by Gasteiger charge is -2.14. The highest BCUT2D eigenvalue weighted by molar-refractivity contribution is 7.10. The third-order valence-corrected chi connectivity index (χ3v) is 3.75. The number of carbonyl (C=O) groups excluding carboxylic acids is 1. The maximum atomic E-state index is 12.1. The van der Waals surface area contributed by atoms with Crippen molar-refractivity contribution in [2.75, 3.05) is 19.5 Å². The highest BCUT2D eigenvalue weighted by Crippen LogP contribution is 2.30. The summed E-state index contributed by atoms with van der Waals surface area (Å²) in [6.07, 6.45) is 0. The summed E-state index contributed by atoms with van der Waals surface area (Å²) in [6.45, 7) is 0. The van der Waals surface area contributed by atoms with Crippen LogP contribution in [0.1, 0.15) is 10.9 Å². The molecule has 0 saturated carbocycles. The van der Waals surface area contributed by atoms with Gasteiger partial charge in [-0.15, -0.1) is 11.3 Å². The van der Waals surface area contributed by atoms with E-state index in [1.54, 1.807) is 25.3 Å². The molecule has 0 radical (unpaired) electrons. The zero-order valence-corrected chi connectivity index (χ0v) is 12.1. The van der Waals surface area contributed by atoms with Gasteiger partial charge in [-0.05, 0) is 23.6 Å². The third-order valence-electron chi connectivity index (χ3n) is 2.80. The molecular weight excluding hydrogens is 276 g/mol. The second kappa shape index (κ2) is 6.40. The predicted molar refractivity (Wildman–Crippen MR) is 79.4 cm³/mol. The van der Waals surface area contributed by atoms with E-state index in [9.17, 15) is 4.79 Å². The number of nitrogens with two attached hydrogens (primary N) is 1. The summed E-state index contributed by atoms with van der Waals surface area (Å²) in [7, 11) is 3.10. The SMILES string of the molecule is COc1ccc(NC(=O)C(N)c2cccs2)c(OC)c1. The molecule has 1 aromatic carbocycles. The van der Waals surface area contributed by atoms with Gasteiger partial charge in [-0.1, -0.05) is 6.07 Å². The van der Waals surface area contributed by atoms with Crippen molar-refractivity contribution in [3.05, 3.63) is 40.6 Å². The first-order valence-corrected chi connectivity index (χ1v) is 6.85. The van der Waals surface area contributed by atoms with E-state index in [0.29, 0.717) is 17.2 Å². The van der Waals surface area contributed by atoms with Gasteiger partial charge in [0.05, 0.1) is 19.9 Å². The monoisotopic (exact) mass is 292 g/mol. The van der Waals surface area contributed by atoms with Crippen LogP contribution >= 0.6 is 11.3 Å². The number of anilines is 1. The first kappa shape index (κ1) is 14.4. The van der Waals surface area contributed by atoms with Crippen molar-refractivity contribution < 1.29 is 14.3 Å². The zero-order chi connectivity index (χ0) is 14.5. The number of hydrogen-bond donors (Lipinski definition) is 2. The molecule has 1 heterocycles. The van der Waals surface area contributed by atoms with E-state index < -0.39 is 6.04 Å². The van der Waals surface area contributed by atoms with Gasteiger partial charge in [0, 0.05) is 10.9 Å². The summed E-state index contributed by atoms with van der Waals surface area (Å²) >= 11 is 1.45. The lowest BCUT2D eigenvalue weighted by Crippen LogP contribution is -2.27. The van der Waals surface area contributed by atoms with Crippen LogP contribution in [0.25, 0.3) is 0 Å². The number of methoxy groups -OCH3 is 2. The first-order valence-electron chi connectivity index (χ1n) is 5.97. The first-order chi connectivity index (χ1) is 9.65. The number of nitrogens with one attached hydrogen (secondary N) is 1. The van der Waals surface area contributed by atoms with Crippen molar-refractivity contribution in [3.8, 4) is 11.5 Å². The molecule has 1 aromatic heterocycles. The molecule has 2 rings (SSSR count). The van der Waals surface area contributed by atoms with Crippen LogP contribution in [0.5, 0.6) is 11.5 Å². The molecule has 6 heteroatoms. The van der Waals surface area contributed by atoms with Crippen molar-refractivity contribution in [2.45, 2.75) is 6.04 Å². The van der Waals surface area contributed by atoms with E-state index in [1.165, 1.54) is 18.4 Å². The molecule has 0 aliphatic carbocycles. The number of hydrogen-bond acceptors (Lipinski definition) is 5. The Morgan fingerprint density at radius 2 is 2.10 bits per heavy atom. The van der Waals surface area contributed by atoms with Crippen LogP contribution in [-0.2, 0) is 4.79 Å². The molecule has 0 saturated heterocycles. The summed E-state index contributed by atoms with van der Waals surface area (Å²) in [4.78, 5) is 12.9. The van der Waals surface area contributed by atoms with Crippen molar-refractivity contribution in [2.24, 2.45) is 5.73 Å². The molecule has 3 N–H and O–H groups in total. The summed E-state index contributed by atoms with van der Waals surface area (Å²) in [5.74, 6) is 0.898. The number of benzene rings is 1. The molecular formula is C14H16N2O3S. The standard InChI is InChI=1S/C14H16N2O3S/c1-18-9-5-6-10(11(8-9)19-2)16-14(17)13(15)12-4-3-7-20-12/h3-8,13H,15H2,1-2H3,(H,16,17). The Kier molecular flexibility index (Phi) is 4.60. The zero-order valence-electron chi connectivity index (χ0n) is 11.3. The maximum Gasteiger partial charge on any atom is 0.246 e. The second-order valence-electron chi connectivity index (χ2n) is 4.05. The molecule has 20 heavy (non-hydrogen) atoms. The summed E-state index contributed by atoms with van der Waals surface area (Å²) in [6, 6.07) is 8.17. The van der Waals surface area contributed by atoms with E-state index in [0.717, 1.165) is 4.88 Å². The minimum Gasteiger partial charge on any atom is -0.497 e. The highest BCUT2D eigenvalue weighted by Gasteiger charge is 2.18. The quantitative estimate of drug-likeness (QED) is 0.887. The normalized spacial score (nSPS) is 11.8. The molecule has 0 aliphatic heterocycles. The molecule has 1 unspecified atom stereocenters. The summed E-state index contributed by atoms with van der Waals surface area (Å²) in [5, 5.41) is 4.65. The molecule has 1 atom stereocenters. The largest absolute Gasteiger partial charge is 0.497 e. The van der Waals surface area contributed by atoms with Crippen LogP contribution in [0.2, 0.25) is 0 Å². The fourth-order valence-electron chi connectivity index (χ4n) is 1.71. The Labute approximate surface area is 121 Å². The van der Waals surface area contributed by atoms with E-state index in [4.69, 9.17) is 15.2 Å². The number of carbonyl (C=O) groups is 1. The van der Waals surface area contributed by atoms with Crippen molar-refractivity contribution >= 4 is 22.9 Å². The van der Waals surface area contributed by atoms with Gasteiger partial charge in [0.15, 0.2) is 0 Å². The molecule has 0 fully saturated rings. The van der Waals surface area contributed by atoms with E-state index in [1.807, 2.05) is 17.5 Å². The van der Waals surface area contributed by atoms with Gasteiger partial charge in [0.25, 0.3) is 0 Å². The average Bonchev–Trinajstić information content (AvgIpc) is 3.00. The van der Waals surface area contributed by atoms with Gasteiger partial charge >= 0.3 is 0 Å². The number of ether oxygens (including phenoxy) is 2. The Morgan fingerprint density at radius 1 is 1.30 bits per heavy atom. The van der Waals surface area contributed by atoms with Crippen LogP contribution in [0.15, 0.2) is 35.7 Å². The smallest absolute Gasteiger partial charge is 0.246 e. The Morgan fingerprint density at radius 3 is 2.70 bits per heavy atom. The number of thiophene rings is 1. The van der Waals surface area contributed by atoms with Gasteiger partial charge in [-0.3, -0.25) is 4.79 Å². The van der Waals surface area contributed by atoms with Crippen molar-refractivity contribution in [1.82, 2.24) is 0 Å². The van der Waals surface area contributed by atoms with Crippen molar-refractivity contribution in [1.29, 1.82) is 0 Å². The van der Waals surface area contributed by atoms with Crippen LogP contribution in [0, 0.1) is 0 Å². The molecule has 0 bridgehead atoms. The van der Waals surface area contributed by atoms with Gasteiger partial charge < -0.3 is 20.5 Å². The Bertz CT molecular complexity index is 584. The fraction of sp³-hybridized carbons (Fsp3) is 0.214. The third kappa shape index (κ3) is 3.09. The van der Waals surface area contributed by atoms with Crippen LogP contribution in [-0.4, -0.2) is 20.1 Å². The average molecular weight is 292 g/mol. The number of rotatable bonds is 5. The molecule has 0 aliphatic rings. The van der Waals surface area contributed by atoms with Gasteiger partial charge in [0.2, 0.25) is 5.91 Å².